The molecule has 1 aliphatic carbocycles. The zero-order valence-corrected chi connectivity index (χ0v) is 17.4. The number of fused-ring (bicyclic) bond motifs is 3. The molecule has 5 rings (SSSR count). The van der Waals surface area contributed by atoms with E-state index in [0.717, 1.165) is 38.6 Å². The van der Waals surface area contributed by atoms with Gasteiger partial charge in [-0.3, -0.25) is 9.36 Å². The lowest BCUT2D eigenvalue weighted by Gasteiger charge is -2.33. The van der Waals surface area contributed by atoms with Crippen LogP contribution >= 0.6 is 0 Å². The van der Waals surface area contributed by atoms with Crippen LogP contribution in [0.4, 0.5) is 0 Å². The summed E-state index contributed by atoms with van der Waals surface area (Å²) in [5.41, 5.74) is 1.62. The van der Waals surface area contributed by atoms with Crippen LogP contribution in [0, 0.1) is 5.92 Å². The van der Waals surface area contributed by atoms with E-state index in [9.17, 15) is 13.2 Å². The summed E-state index contributed by atoms with van der Waals surface area (Å²) in [4.78, 5) is 20.0. The van der Waals surface area contributed by atoms with Gasteiger partial charge in [-0.1, -0.05) is 12.1 Å². The Labute approximate surface area is 171 Å². The number of nitrogens with zero attached hydrogens (tertiary/aromatic N) is 4. The van der Waals surface area contributed by atoms with Crippen molar-refractivity contribution in [3.8, 4) is 5.69 Å². The van der Waals surface area contributed by atoms with Crippen LogP contribution in [-0.4, -0.2) is 52.2 Å². The number of likely N-dealkylation sites (tertiary alicyclic amines) is 1. The number of sulfonamides is 1. The summed E-state index contributed by atoms with van der Waals surface area (Å²) >= 11 is 0. The number of carbonyl (C=O) groups is 1. The topological polar surface area (TPSA) is 75.5 Å². The van der Waals surface area contributed by atoms with Gasteiger partial charge in [-0.15, -0.1) is 0 Å². The molecule has 0 bridgehead atoms. The maximum absolute atomic E-state index is 13.4. The van der Waals surface area contributed by atoms with Crippen LogP contribution in [-0.2, 0) is 16.6 Å². The Balaban J connectivity index is 1.61. The van der Waals surface area contributed by atoms with Gasteiger partial charge in [0.1, 0.15) is 11.2 Å². The van der Waals surface area contributed by atoms with Crippen LogP contribution in [0.2, 0.25) is 0 Å². The van der Waals surface area contributed by atoms with E-state index in [4.69, 9.17) is 0 Å². The summed E-state index contributed by atoms with van der Waals surface area (Å²) in [7, 11) is -3.63. The lowest BCUT2D eigenvalue weighted by atomic mass is 10.0. The molecule has 2 fully saturated rings. The first-order valence-electron chi connectivity index (χ1n) is 10.4. The van der Waals surface area contributed by atoms with Crippen molar-refractivity contribution in [1.29, 1.82) is 0 Å². The van der Waals surface area contributed by atoms with Gasteiger partial charge in [-0.05, 0) is 57.1 Å². The lowest BCUT2D eigenvalue weighted by molar-refractivity contribution is 0.0628. The lowest BCUT2D eigenvalue weighted by Crippen LogP contribution is -2.42. The largest absolute Gasteiger partial charge is 0.335 e. The minimum atomic E-state index is -3.63. The van der Waals surface area contributed by atoms with E-state index >= 15 is 0 Å². The molecule has 2 aliphatic heterocycles. The molecule has 2 aromatic rings. The number of carbonyl (C=O) groups excluding carboxylic acids is 1. The van der Waals surface area contributed by atoms with E-state index in [2.05, 4.69) is 11.9 Å². The van der Waals surface area contributed by atoms with E-state index in [-0.39, 0.29) is 23.4 Å². The van der Waals surface area contributed by atoms with E-state index < -0.39 is 10.0 Å². The average Bonchev–Trinajstić information content (AvgIpc) is 3.45. The number of rotatable bonds is 3. The zero-order valence-electron chi connectivity index (χ0n) is 16.6. The third-order valence-corrected chi connectivity index (χ3v) is 8.22. The summed E-state index contributed by atoms with van der Waals surface area (Å²) in [5, 5.41) is 0. The van der Waals surface area contributed by atoms with Gasteiger partial charge >= 0.3 is 0 Å². The predicted molar refractivity (Wildman–Crippen MR) is 108 cm³/mol. The molecule has 3 heterocycles. The molecule has 1 amide bonds. The monoisotopic (exact) mass is 414 g/mol. The van der Waals surface area contributed by atoms with Crippen LogP contribution in [0.15, 0.2) is 35.5 Å². The van der Waals surface area contributed by atoms with Crippen molar-refractivity contribution in [2.45, 2.75) is 56.5 Å². The zero-order chi connectivity index (χ0) is 20.2. The fourth-order valence-electron chi connectivity index (χ4n) is 4.46. The number of para-hydroxylation sites is 1. The molecule has 1 aromatic carbocycles. The Morgan fingerprint density at radius 3 is 2.72 bits per heavy atom. The van der Waals surface area contributed by atoms with Crippen molar-refractivity contribution >= 4 is 15.9 Å². The molecule has 154 valence electrons. The summed E-state index contributed by atoms with van der Waals surface area (Å²) < 4.78 is 30.1. The minimum absolute atomic E-state index is 0.0888. The molecular weight excluding hydrogens is 388 g/mol. The van der Waals surface area contributed by atoms with Gasteiger partial charge in [0.25, 0.3) is 5.91 Å². The van der Waals surface area contributed by atoms with Crippen molar-refractivity contribution in [1.82, 2.24) is 18.8 Å². The van der Waals surface area contributed by atoms with Gasteiger partial charge in [0, 0.05) is 19.1 Å². The fourth-order valence-corrected chi connectivity index (χ4v) is 6.12. The highest BCUT2D eigenvalue weighted by Crippen LogP contribution is 2.36. The van der Waals surface area contributed by atoms with Crippen LogP contribution in [0.5, 0.6) is 0 Å². The molecular formula is C21H26N4O3S. The number of benzene rings is 1. The van der Waals surface area contributed by atoms with Crippen LogP contribution in [0.1, 0.15) is 55.2 Å². The second kappa shape index (κ2) is 6.95. The van der Waals surface area contributed by atoms with Gasteiger partial charge in [0.2, 0.25) is 10.0 Å². The van der Waals surface area contributed by atoms with Crippen LogP contribution < -0.4 is 0 Å². The maximum atomic E-state index is 13.4. The number of imidazole rings is 1. The SMILES string of the molecule is C[C@@H]1CCCCN1C(=O)c1ncn2c1CN(CC1CC1)S(=O)(=O)c1ccccc1-2. The highest BCUT2D eigenvalue weighted by molar-refractivity contribution is 7.89. The van der Waals surface area contributed by atoms with Crippen molar-refractivity contribution < 1.29 is 13.2 Å². The van der Waals surface area contributed by atoms with E-state index in [1.54, 1.807) is 33.4 Å². The molecule has 1 saturated carbocycles. The third-order valence-electron chi connectivity index (χ3n) is 6.36. The molecule has 1 aromatic heterocycles. The van der Waals surface area contributed by atoms with Crippen molar-refractivity contribution in [3.05, 3.63) is 42.0 Å². The van der Waals surface area contributed by atoms with Crippen LogP contribution in [0.3, 0.4) is 0 Å². The summed E-state index contributed by atoms with van der Waals surface area (Å²) in [6, 6.07) is 7.18. The van der Waals surface area contributed by atoms with Crippen molar-refractivity contribution in [3.63, 3.8) is 0 Å². The van der Waals surface area contributed by atoms with Crippen LogP contribution in [0.25, 0.3) is 5.69 Å². The Kier molecular flexibility index (Phi) is 4.51. The van der Waals surface area contributed by atoms with Gasteiger partial charge in [0.15, 0.2) is 5.69 Å². The highest BCUT2D eigenvalue weighted by Gasteiger charge is 2.38. The molecule has 0 N–H and O–H groups in total. The molecule has 1 saturated heterocycles. The first kappa shape index (κ1) is 18.8. The Morgan fingerprint density at radius 1 is 1.17 bits per heavy atom. The Morgan fingerprint density at radius 2 is 1.97 bits per heavy atom. The third kappa shape index (κ3) is 3.18. The quantitative estimate of drug-likeness (QED) is 0.774. The average molecular weight is 415 g/mol. The highest BCUT2D eigenvalue weighted by atomic mass is 32.2. The van der Waals surface area contributed by atoms with E-state index in [1.807, 2.05) is 11.0 Å². The maximum Gasteiger partial charge on any atom is 0.274 e. The number of hydrogen-bond donors (Lipinski definition) is 0. The van der Waals surface area contributed by atoms with Gasteiger partial charge in [-0.25, -0.2) is 13.4 Å². The summed E-state index contributed by atoms with van der Waals surface area (Å²) in [6.07, 6.45) is 6.84. The number of aromatic nitrogens is 2. The Hall–Kier alpha value is -2.19. The molecule has 0 spiro atoms. The second-order valence-electron chi connectivity index (χ2n) is 8.46. The van der Waals surface area contributed by atoms with E-state index in [0.29, 0.717) is 29.5 Å². The molecule has 0 radical (unpaired) electrons. The summed E-state index contributed by atoms with van der Waals surface area (Å²) in [6.45, 7) is 3.48. The van der Waals surface area contributed by atoms with Gasteiger partial charge in [-0.2, -0.15) is 4.31 Å². The standard InChI is InChI=1S/C21H26N4O3S/c1-15-6-4-5-11-24(15)21(26)20-18-13-23(12-16-9-10-16)29(27,28)19-8-3-2-7-17(19)25(18)14-22-20/h2-3,7-8,14-16H,4-6,9-13H2,1H3/t15-/m1/s1. The fraction of sp³-hybridized carbons (Fsp3) is 0.524. The Bertz CT molecular complexity index is 1060. The molecule has 7 nitrogen and oxygen atoms in total. The van der Waals surface area contributed by atoms with Gasteiger partial charge in [0.05, 0.1) is 17.9 Å². The smallest absolute Gasteiger partial charge is 0.274 e. The molecule has 3 aliphatic rings. The van der Waals surface area contributed by atoms with Gasteiger partial charge < -0.3 is 4.90 Å². The number of amides is 1. The normalized spacial score (nSPS) is 23.9. The number of hydrogen-bond acceptors (Lipinski definition) is 4. The van der Waals surface area contributed by atoms with E-state index in [1.165, 1.54) is 0 Å². The molecule has 8 heteroatoms. The van der Waals surface area contributed by atoms with Crippen molar-refractivity contribution in [2.75, 3.05) is 13.1 Å². The molecule has 0 unspecified atom stereocenters. The first-order valence-corrected chi connectivity index (χ1v) is 11.9. The first-order chi connectivity index (χ1) is 14.0. The minimum Gasteiger partial charge on any atom is -0.335 e. The van der Waals surface area contributed by atoms with Crippen molar-refractivity contribution in [2.24, 2.45) is 5.92 Å². The molecule has 29 heavy (non-hydrogen) atoms. The molecule has 1 atom stereocenters. The second-order valence-corrected chi connectivity index (χ2v) is 10.4. The number of piperidine rings is 1. The predicted octanol–water partition coefficient (Wildman–Crippen LogP) is 2.80. The summed E-state index contributed by atoms with van der Waals surface area (Å²) in [5.74, 6) is 0.321.